The number of rotatable bonds is 6. The lowest BCUT2D eigenvalue weighted by molar-refractivity contribution is -0.389. The first-order valence-electron chi connectivity index (χ1n) is 9.00. The summed E-state index contributed by atoms with van der Waals surface area (Å²) in [5.41, 5.74) is 0.988. The summed E-state index contributed by atoms with van der Waals surface area (Å²) >= 11 is 0. The van der Waals surface area contributed by atoms with Crippen LogP contribution in [-0.4, -0.2) is 15.8 Å². The molecule has 150 valence electrons. The van der Waals surface area contributed by atoms with Crippen molar-refractivity contribution in [1.82, 2.24) is 4.98 Å². The van der Waals surface area contributed by atoms with Crippen molar-refractivity contribution >= 4 is 17.4 Å². The van der Waals surface area contributed by atoms with Crippen molar-refractivity contribution < 1.29 is 14.5 Å². The van der Waals surface area contributed by atoms with Gasteiger partial charge in [0.15, 0.2) is 11.9 Å². The van der Waals surface area contributed by atoms with Gasteiger partial charge in [0, 0.05) is 23.4 Å². The molecular weight excluding hydrogens is 384 g/mol. The smallest absolute Gasteiger partial charge is 0.363 e. The fourth-order valence-electron chi connectivity index (χ4n) is 2.63. The Morgan fingerprint density at radius 3 is 2.57 bits per heavy atom. The highest BCUT2D eigenvalue weighted by atomic mass is 16.6. The summed E-state index contributed by atoms with van der Waals surface area (Å²) in [5.74, 6) is 0.170. The minimum atomic E-state index is -0.706. The third-order valence-electron chi connectivity index (χ3n) is 4.36. The number of nitrogens with zero attached hydrogens (tertiary/aromatic N) is 3. The van der Waals surface area contributed by atoms with Crippen molar-refractivity contribution in [1.29, 1.82) is 5.26 Å². The maximum absolute atomic E-state index is 12.6. The summed E-state index contributed by atoms with van der Waals surface area (Å²) in [7, 11) is 0. The van der Waals surface area contributed by atoms with Gasteiger partial charge >= 0.3 is 5.82 Å². The normalized spacial score (nSPS) is 10.7. The number of ether oxygens (including phenoxy) is 1. The molecule has 1 aromatic heterocycles. The topological polar surface area (TPSA) is 118 Å². The summed E-state index contributed by atoms with van der Waals surface area (Å²) in [4.78, 5) is 26.4. The third kappa shape index (κ3) is 4.77. The maximum atomic E-state index is 12.6. The fraction of sp³-hybridized carbons (Fsp3) is 0.136. The predicted molar refractivity (Wildman–Crippen MR) is 110 cm³/mol. The average Bonchev–Trinajstić information content (AvgIpc) is 2.74. The van der Waals surface area contributed by atoms with Crippen LogP contribution in [0.1, 0.15) is 29.8 Å². The SMILES string of the molecule is CC(C)(C#N)c1cccc(C(=O)Nc2cccc(Oc3ccc([N+](=O)[O-])nc3)c2)c1. The van der Waals surface area contributed by atoms with Crippen LogP contribution in [0.25, 0.3) is 0 Å². The highest BCUT2D eigenvalue weighted by Crippen LogP contribution is 2.26. The van der Waals surface area contributed by atoms with Gasteiger partial charge in [-0.25, -0.2) is 0 Å². The second kappa shape index (κ2) is 8.41. The van der Waals surface area contributed by atoms with E-state index in [-0.39, 0.29) is 11.7 Å². The summed E-state index contributed by atoms with van der Waals surface area (Å²) in [6, 6.07) is 18.6. The van der Waals surface area contributed by atoms with Crippen LogP contribution in [0.15, 0.2) is 66.9 Å². The number of nitrogens with one attached hydrogen (secondary N) is 1. The highest BCUT2D eigenvalue weighted by Gasteiger charge is 2.21. The number of pyridine rings is 1. The Morgan fingerprint density at radius 1 is 1.13 bits per heavy atom. The molecule has 30 heavy (non-hydrogen) atoms. The van der Waals surface area contributed by atoms with E-state index in [1.165, 1.54) is 18.3 Å². The van der Waals surface area contributed by atoms with Gasteiger partial charge in [-0.2, -0.15) is 5.26 Å². The quantitative estimate of drug-likeness (QED) is 0.466. The van der Waals surface area contributed by atoms with Crippen molar-refractivity contribution in [2.45, 2.75) is 19.3 Å². The molecule has 3 aromatic rings. The molecule has 0 saturated carbocycles. The minimum Gasteiger partial charge on any atom is -0.453 e. The van der Waals surface area contributed by atoms with Crippen molar-refractivity contribution in [2.75, 3.05) is 5.32 Å². The summed E-state index contributed by atoms with van der Waals surface area (Å²) in [6.07, 6.45) is 1.26. The van der Waals surface area contributed by atoms with Crippen LogP contribution >= 0.6 is 0 Å². The molecule has 0 spiro atoms. The molecule has 1 N–H and O–H groups in total. The monoisotopic (exact) mass is 402 g/mol. The van der Waals surface area contributed by atoms with Gasteiger partial charge in [0.2, 0.25) is 0 Å². The number of hydrogen-bond acceptors (Lipinski definition) is 6. The van der Waals surface area contributed by atoms with E-state index in [0.717, 1.165) is 5.56 Å². The van der Waals surface area contributed by atoms with Gasteiger partial charge in [0.05, 0.1) is 11.5 Å². The van der Waals surface area contributed by atoms with Crippen LogP contribution < -0.4 is 10.1 Å². The Bertz CT molecular complexity index is 1130. The summed E-state index contributed by atoms with van der Waals surface area (Å²) < 4.78 is 5.65. The minimum absolute atomic E-state index is 0.273. The number of aromatic nitrogens is 1. The van der Waals surface area contributed by atoms with Gasteiger partial charge in [-0.3, -0.25) is 4.79 Å². The number of carbonyl (C=O) groups is 1. The van der Waals surface area contributed by atoms with Gasteiger partial charge < -0.3 is 20.2 Å². The Hall–Kier alpha value is -4.25. The van der Waals surface area contributed by atoms with Crippen LogP contribution in [-0.2, 0) is 5.41 Å². The predicted octanol–water partition coefficient (Wildman–Crippen LogP) is 4.84. The number of benzene rings is 2. The molecule has 0 bridgehead atoms. The standard InChI is InChI=1S/C22H18N4O4/c1-22(2,14-23)16-6-3-5-15(11-16)21(27)25-17-7-4-8-18(12-17)30-19-9-10-20(24-13-19)26(28)29/h3-13H,1-2H3,(H,25,27). The molecule has 8 nitrogen and oxygen atoms in total. The number of hydrogen-bond donors (Lipinski definition) is 1. The largest absolute Gasteiger partial charge is 0.453 e. The highest BCUT2D eigenvalue weighted by molar-refractivity contribution is 6.04. The lowest BCUT2D eigenvalue weighted by Crippen LogP contribution is -2.17. The van der Waals surface area contributed by atoms with Crippen molar-refractivity contribution in [2.24, 2.45) is 0 Å². The van der Waals surface area contributed by atoms with E-state index in [0.29, 0.717) is 22.7 Å². The molecule has 0 aliphatic carbocycles. The van der Waals surface area contributed by atoms with Gasteiger partial charge in [-0.05, 0) is 59.7 Å². The molecule has 0 aliphatic heterocycles. The maximum Gasteiger partial charge on any atom is 0.363 e. The van der Waals surface area contributed by atoms with Crippen LogP contribution in [0.4, 0.5) is 11.5 Å². The molecule has 0 atom stereocenters. The zero-order valence-electron chi connectivity index (χ0n) is 16.3. The van der Waals surface area contributed by atoms with Gasteiger partial charge in [0.25, 0.3) is 5.91 Å². The van der Waals surface area contributed by atoms with E-state index in [1.54, 1.807) is 56.3 Å². The van der Waals surface area contributed by atoms with E-state index < -0.39 is 10.3 Å². The molecule has 0 fully saturated rings. The van der Waals surface area contributed by atoms with E-state index in [9.17, 15) is 20.2 Å². The Labute approximate surface area is 172 Å². The molecular formula is C22H18N4O4. The van der Waals surface area contributed by atoms with Gasteiger partial charge in [-0.15, -0.1) is 0 Å². The Morgan fingerprint density at radius 2 is 1.90 bits per heavy atom. The molecule has 1 amide bonds. The lowest BCUT2D eigenvalue weighted by atomic mass is 9.85. The second-order valence-electron chi connectivity index (χ2n) is 7.01. The number of carbonyl (C=O) groups excluding carboxylic acids is 1. The van der Waals surface area contributed by atoms with Crippen LogP contribution in [0.5, 0.6) is 11.5 Å². The van der Waals surface area contributed by atoms with Crippen molar-refractivity contribution in [3.8, 4) is 17.6 Å². The van der Waals surface area contributed by atoms with E-state index >= 15 is 0 Å². The molecule has 0 aliphatic rings. The van der Waals surface area contributed by atoms with Crippen LogP contribution in [0.3, 0.4) is 0 Å². The molecule has 0 unspecified atom stereocenters. The lowest BCUT2D eigenvalue weighted by Gasteiger charge is -2.16. The first-order chi connectivity index (χ1) is 14.3. The van der Waals surface area contributed by atoms with E-state index in [1.807, 2.05) is 6.07 Å². The molecule has 2 aromatic carbocycles. The fourth-order valence-corrected chi connectivity index (χ4v) is 2.63. The van der Waals surface area contributed by atoms with Crippen LogP contribution in [0.2, 0.25) is 0 Å². The van der Waals surface area contributed by atoms with Crippen molar-refractivity contribution in [3.05, 3.63) is 88.1 Å². The number of nitriles is 1. The second-order valence-corrected chi connectivity index (χ2v) is 7.01. The van der Waals surface area contributed by atoms with E-state index in [4.69, 9.17) is 4.74 Å². The summed E-state index contributed by atoms with van der Waals surface area (Å²) in [5, 5.41) is 22.8. The number of anilines is 1. The van der Waals surface area contributed by atoms with Crippen molar-refractivity contribution in [3.63, 3.8) is 0 Å². The molecule has 8 heteroatoms. The average molecular weight is 402 g/mol. The third-order valence-corrected chi connectivity index (χ3v) is 4.36. The zero-order chi connectivity index (χ0) is 21.7. The first-order valence-corrected chi connectivity index (χ1v) is 9.00. The number of amides is 1. The molecule has 1 heterocycles. The Balaban J connectivity index is 1.74. The first kappa shape index (κ1) is 20.5. The number of nitro groups is 1. The van der Waals surface area contributed by atoms with E-state index in [2.05, 4.69) is 16.4 Å². The molecule has 0 radical (unpaired) electrons. The zero-order valence-corrected chi connectivity index (χ0v) is 16.3. The molecule has 0 saturated heterocycles. The summed E-state index contributed by atoms with van der Waals surface area (Å²) in [6.45, 7) is 3.58. The van der Waals surface area contributed by atoms with Crippen LogP contribution in [0, 0.1) is 21.4 Å². The van der Waals surface area contributed by atoms with Gasteiger partial charge in [0.1, 0.15) is 5.75 Å². The Kier molecular flexibility index (Phi) is 5.74. The van der Waals surface area contributed by atoms with Gasteiger partial charge in [-0.1, -0.05) is 18.2 Å². The molecule has 3 rings (SSSR count).